The Morgan fingerprint density at radius 3 is 2.27 bits per heavy atom. The minimum atomic E-state index is -0.994. The normalized spacial score (nSPS) is 19.7. The molecule has 15 heavy (non-hydrogen) atoms. The highest BCUT2D eigenvalue weighted by molar-refractivity contribution is 5.77. The third kappa shape index (κ3) is 2.20. The minimum absolute atomic E-state index is 0.255. The van der Waals surface area contributed by atoms with Gasteiger partial charge in [-0.25, -0.2) is 4.79 Å². The molecule has 6 nitrogen and oxygen atoms in total. The van der Waals surface area contributed by atoms with Crippen LogP contribution in [0.4, 0.5) is 4.79 Å². The summed E-state index contributed by atoms with van der Waals surface area (Å²) in [6.45, 7) is 0.211. The van der Waals surface area contributed by atoms with E-state index < -0.39 is 17.5 Å². The van der Waals surface area contributed by atoms with Gasteiger partial charge in [-0.15, -0.1) is 0 Å². The van der Waals surface area contributed by atoms with E-state index in [9.17, 15) is 14.7 Å². The van der Waals surface area contributed by atoms with Gasteiger partial charge in [0.25, 0.3) is 0 Å². The number of likely N-dealkylation sites (tertiary alicyclic amines) is 1. The van der Waals surface area contributed by atoms with E-state index in [0.29, 0.717) is 12.8 Å². The van der Waals surface area contributed by atoms with Gasteiger partial charge in [-0.3, -0.25) is 4.79 Å². The van der Waals surface area contributed by atoms with Crippen molar-refractivity contribution in [3.63, 3.8) is 0 Å². The molecule has 0 spiro atoms. The number of ether oxygens (including phenoxy) is 1. The number of carboxylic acid groups (broad SMARTS) is 1. The molecule has 0 radical (unpaired) electrons. The summed E-state index contributed by atoms with van der Waals surface area (Å²) in [5.74, 6) is -0.463. The molecular formula is C9H15NO5. The summed E-state index contributed by atoms with van der Waals surface area (Å²) < 4.78 is 4.61. The van der Waals surface area contributed by atoms with Crippen molar-refractivity contribution in [3.8, 4) is 0 Å². The Labute approximate surface area is 87.4 Å². The first-order chi connectivity index (χ1) is 7.05. The number of carbonyl (C=O) groups is 2. The number of aliphatic hydroxyl groups is 1. The van der Waals surface area contributed by atoms with Crippen LogP contribution in [0.3, 0.4) is 0 Å². The first-order valence-corrected chi connectivity index (χ1v) is 4.73. The van der Waals surface area contributed by atoms with Crippen molar-refractivity contribution < 1.29 is 24.5 Å². The van der Waals surface area contributed by atoms with Crippen molar-refractivity contribution in [1.29, 1.82) is 0 Å². The van der Waals surface area contributed by atoms with E-state index in [1.54, 1.807) is 0 Å². The highest BCUT2D eigenvalue weighted by Crippen LogP contribution is 2.32. The molecule has 6 heteroatoms. The number of rotatable bonds is 2. The standard InChI is InChI=1S/C9H15NO5/c1-15-7(12)9(6-11)2-4-10(5-3-9)8(13)14/h11H,2-6H2,1H3,(H,13,14). The molecule has 0 aromatic heterocycles. The number of esters is 1. The van der Waals surface area contributed by atoms with Gasteiger partial charge < -0.3 is 19.8 Å². The Morgan fingerprint density at radius 2 is 1.93 bits per heavy atom. The van der Waals surface area contributed by atoms with E-state index in [1.165, 1.54) is 12.0 Å². The molecule has 0 atom stereocenters. The average molecular weight is 217 g/mol. The second kappa shape index (κ2) is 4.48. The van der Waals surface area contributed by atoms with E-state index in [2.05, 4.69) is 4.74 Å². The number of piperidine rings is 1. The molecule has 1 fully saturated rings. The van der Waals surface area contributed by atoms with Crippen LogP contribution < -0.4 is 0 Å². The van der Waals surface area contributed by atoms with Gasteiger partial charge in [-0.1, -0.05) is 0 Å². The zero-order valence-corrected chi connectivity index (χ0v) is 8.60. The molecule has 1 rings (SSSR count). The fourth-order valence-electron chi connectivity index (χ4n) is 1.77. The average Bonchev–Trinajstić information content (AvgIpc) is 2.27. The molecule has 1 amide bonds. The molecule has 0 unspecified atom stereocenters. The minimum Gasteiger partial charge on any atom is -0.469 e. The second-order valence-corrected chi connectivity index (χ2v) is 3.70. The zero-order chi connectivity index (χ0) is 11.5. The van der Waals surface area contributed by atoms with Gasteiger partial charge in [0.1, 0.15) is 0 Å². The topological polar surface area (TPSA) is 87.1 Å². The largest absolute Gasteiger partial charge is 0.469 e. The van der Waals surface area contributed by atoms with Gasteiger partial charge in [-0.2, -0.15) is 0 Å². The van der Waals surface area contributed by atoms with E-state index in [4.69, 9.17) is 5.11 Å². The predicted octanol–water partition coefficient (Wildman–Crippen LogP) is -0.0881. The summed E-state index contributed by atoms with van der Waals surface area (Å²) in [6.07, 6.45) is -0.378. The summed E-state index contributed by atoms with van der Waals surface area (Å²) in [5, 5.41) is 17.9. The predicted molar refractivity (Wildman–Crippen MR) is 50.4 cm³/mol. The lowest BCUT2D eigenvalue weighted by Crippen LogP contribution is -2.48. The molecule has 1 aliphatic rings. The van der Waals surface area contributed by atoms with Crippen molar-refractivity contribution in [2.75, 3.05) is 26.8 Å². The van der Waals surface area contributed by atoms with Crippen molar-refractivity contribution >= 4 is 12.1 Å². The molecule has 2 N–H and O–H groups in total. The van der Waals surface area contributed by atoms with Gasteiger partial charge in [0.2, 0.25) is 0 Å². The SMILES string of the molecule is COC(=O)C1(CO)CCN(C(=O)O)CC1. The Hall–Kier alpha value is -1.30. The van der Waals surface area contributed by atoms with Crippen LogP contribution in [0.1, 0.15) is 12.8 Å². The smallest absolute Gasteiger partial charge is 0.407 e. The summed E-state index contributed by atoms with van der Waals surface area (Å²) in [7, 11) is 1.27. The molecule has 1 aliphatic heterocycles. The molecule has 0 bridgehead atoms. The summed E-state index contributed by atoms with van der Waals surface area (Å²) in [6, 6.07) is 0. The van der Waals surface area contributed by atoms with Gasteiger partial charge >= 0.3 is 12.1 Å². The number of hydrogen-bond donors (Lipinski definition) is 2. The van der Waals surface area contributed by atoms with Gasteiger partial charge in [0, 0.05) is 13.1 Å². The molecule has 0 saturated carbocycles. The summed E-state index contributed by atoms with van der Waals surface area (Å²) in [4.78, 5) is 23.3. The van der Waals surface area contributed by atoms with Crippen LogP contribution in [-0.4, -0.2) is 54.0 Å². The van der Waals surface area contributed by atoms with Gasteiger partial charge in [0.15, 0.2) is 0 Å². The van der Waals surface area contributed by atoms with Crippen LogP contribution in [0, 0.1) is 5.41 Å². The first kappa shape index (κ1) is 11.8. The van der Waals surface area contributed by atoms with Crippen LogP contribution >= 0.6 is 0 Å². The van der Waals surface area contributed by atoms with Crippen LogP contribution in [-0.2, 0) is 9.53 Å². The van der Waals surface area contributed by atoms with Crippen LogP contribution in [0.15, 0.2) is 0 Å². The zero-order valence-electron chi connectivity index (χ0n) is 8.60. The van der Waals surface area contributed by atoms with Crippen LogP contribution in [0.5, 0.6) is 0 Å². The monoisotopic (exact) mass is 217 g/mol. The van der Waals surface area contributed by atoms with Crippen molar-refractivity contribution in [2.24, 2.45) is 5.41 Å². The molecule has 1 saturated heterocycles. The van der Waals surface area contributed by atoms with E-state index >= 15 is 0 Å². The fraction of sp³-hybridized carbons (Fsp3) is 0.778. The maximum atomic E-state index is 11.4. The van der Waals surface area contributed by atoms with Crippen LogP contribution in [0.2, 0.25) is 0 Å². The van der Waals surface area contributed by atoms with Crippen molar-refractivity contribution in [2.45, 2.75) is 12.8 Å². The highest BCUT2D eigenvalue weighted by Gasteiger charge is 2.42. The lowest BCUT2D eigenvalue weighted by molar-refractivity contribution is -0.158. The number of nitrogens with zero attached hydrogens (tertiary/aromatic N) is 1. The third-order valence-corrected chi connectivity index (χ3v) is 2.91. The third-order valence-electron chi connectivity index (χ3n) is 2.91. The van der Waals surface area contributed by atoms with Gasteiger partial charge in [-0.05, 0) is 12.8 Å². The van der Waals surface area contributed by atoms with E-state index in [-0.39, 0.29) is 19.7 Å². The lowest BCUT2D eigenvalue weighted by Gasteiger charge is -2.37. The molecule has 1 heterocycles. The van der Waals surface area contributed by atoms with E-state index in [1.807, 2.05) is 0 Å². The fourth-order valence-corrected chi connectivity index (χ4v) is 1.77. The maximum absolute atomic E-state index is 11.4. The van der Waals surface area contributed by atoms with Crippen molar-refractivity contribution in [3.05, 3.63) is 0 Å². The van der Waals surface area contributed by atoms with Crippen molar-refractivity contribution in [1.82, 2.24) is 4.90 Å². The summed E-state index contributed by atoms with van der Waals surface area (Å²) >= 11 is 0. The number of amides is 1. The summed E-state index contributed by atoms with van der Waals surface area (Å²) in [5.41, 5.74) is -0.916. The number of hydrogen-bond acceptors (Lipinski definition) is 4. The molecule has 0 aromatic carbocycles. The Kier molecular flexibility index (Phi) is 3.52. The van der Waals surface area contributed by atoms with Crippen LogP contribution in [0.25, 0.3) is 0 Å². The Balaban J connectivity index is 2.66. The maximum Gasteiger partial charge on any atom is 0.407 e. The number of carbonyl (C=O) groups excluding carboxylic acids is 1. The second-order valence-electron chi connectivity index (χ2n) is 3.70. The molecule has 0 aliphatic carbocycles. The number of aliphatic hydroxyl groups excluding tert-OH is 1. The van der Waals surface area contributed by atoms with Gasteiger partial charge in [0.05, 0.1) is 19.1 Å². The lowest BCUT2D eigenvalue weighted by atomic mass is 9.79. The highest BCUT2D eigenvalue weighted by atomic mass is 16.5. The Morgan fingerprint density at radius 1 is 1.40 bits per heavy atom. The Bertz CT molecular complexity index is 257. The molecule has 86 valence electrons. The number of methoxy groups -OCH3 is 1. The quantitative estimate of drug-likeness (QED) is 0.631. The van der Waals surface area contributed by atoms with E-state index in [0.717, 1.165) is 0 Å². The first-order valence-electron chi connectivity index (χ1n) is 4.73. The molecular weight excluding hydrogens is 202 g/mol. The molecule has 0 aromatic rings.